The molecule has 0 bridgehead atoms. The van der Waals surface area contributed by atoms with E-state index in [4.69, 9.17) is 16.3 Å². The number of benzene rings is 1. The number of halogens is 3. The van der Waals surface area contributed by atoms with Crippen molar-refractivity contribution in [3.63, 3.8) is 0 Å². The van der Waals surface area contributed by atoms with Gasteiger partial charge in [0.2, 0.25) is 0 Å². The predicted octanol–water partition coefficient (Wildman–Crippen LogP) is 5.65. The number of amides is 2. The molecule has 2 aromatic heterocycles. The summed E-state index contributed by atoms with van der Waals surface area (Å²) in [4.78, 5) is 34.1. The summed E-state index contributed by atoms with van der Waals surface area (Å²) >= 11 is 6.59. The normalized spacial score (nSPS) is 18.9. The maximum atomic E-state index is 15.2. The van der Waals surface area contributed by atoms with Crippen LogP contribution in [0.2, 0.25) is 5.02 Å². The zero-order valence-electron chi connectivity index (χ0n) is 20.9. The molecule has 3 heterocycles. The number of rotatable bonds is 4. The second-order valence-electron chi connectivity index (χ2n) is 10.8. The number of nitrogens with zero attached hydrogens (tertiary/aromatic N) is 3. The molecule has 1 saturated heterocycles. The number of pyridine rings is 1. The summed E-state index contributed by atoms with van der Waals surface area (Å²) in [6, 6.07) is 0.841. The number of carbonyl (C=O) groups is 2. The summed E-state index contributed by atoms with van der Waals surface area (Å²) in [6.45, 7) is 6.53. The molecule has 37 heavy (non-hydrogen) atoms. The Morgan fingerprint density at radius 2 is 2.03 bits per heavy atom. The van der Waals surface area contributed by atoms with Crippen molar-refractivity contribution in [2.75, 3.05) is 29.9 Å². The second-order valence-corrected chi connectivity index (χ2v) is 11.2. The molecule has 9 nitrogen and oxygen atoms in total. The van der Waals surface area contributed by atoms with Crippen molar-refractivity contribution in [3.05, 3.63) is 28.9 Å². The fourth-order valence-corrected chi connectivity index (χ4v) is 5.53. The van der Waals surface area contributed by atoms with Crippen molar-refractivity contribution in [3.8, 4) is 0 Å². The smallest absolute Gasteiger partial charge is 0.411 e. The van der Waals surface area contributed by atoms with Crippen molar-refractivity contribution >= 4 is 57.1 Å². The van der Waals surface area contributed by atoms with Crippen molar-refractivity contribution in [1.29, 1.82) is 0 Å². The third-order valence-corrected chi connectivity index (χ3v) is 7.45. The molecule has 1 aliphatic carbocycles. The van der Waals surface area contributed by atoms with Crippen LogP contribution in [0.3, 0.4) is 0 Å². The monoisotopic (exact) mass is 535 g/mol. The van der Waals surface area contributed by atoms with E-state index in [2.05, 4.69) is 15.3 Å². The van der Waals surface area contributed by atoms with Gasteiger partial charge in [0.25, 0.3) is 0 Å². The number of alkyl carbamates (subject to hydrolysis) is 1. The first kappa shape index (κ1) is 25.3. The van der Waals surface area contributed by atoms with Gasteiger partial charge in [0.05, 0.1) is 38.9 Å². The quantitative estimate of drug-likeness (QED) is 0.398. The predicted molar refractivity (Wildman–Crippen MR) is 137 cm³/mol. The average molecular weight is 536 g/mol. The molecule has 0 unspecified atom stereocenters. The van der Waals surface area contributed by atoms with Crippen LogP contribution in [0.5, 0.6) is 0 Å². The Kier molecular flexibility index (Phi) is 5.89. The maximum absolute atomic E-state index is 15.2. The fraction of sp³-hybridized carbons (Fsp3) is 0.480. The first-order valence-electron chi connectivity index (χ1n) is 12.0. The minimum absolute atomic E-state index is 0.0423. The molecular formula is C25H28ClF2N5O4. The topological polar surface area (TPSA) is 111 Å². The highest BCUT2D eigenvalue weighted by Gasteiger charge is 2.53. The van der Waals surface area contributed by atoms with Gasteiger partial charge in [-0.05, 0) is 40.0 Å². The van der Waals surface area contributed by atoms with Gasteiger partial charge < -0.3 is 25.0 Å². The molecule has 198 valence electrons. The second kappa shape index (κ2) is 8.61. The van der Waals surface area contributed by atoms with E-state index < -0.39 is 29.4 Å². The number of hydrogen-bond acceptors (Lipinski definition) is 5. The summed E-state index contributed by atoms with van der Waals surface area (Å²) in [5.41, 5.74) is -0.183. The van der Waals surface area contributed by atoms with Gasteiger partial charge in [0, 0.05) is 37.7 Å². The Morgan fingerprint density at radius 3 is 2.65 bits per heavy atom. The van der Waals surface area contributed by atoms with Gasteiger partial charge in [-0.3, -0.25) is 4.90 Å². The highest BCUT2D eigenvalue weighted by atomic mass is 35.5. The zero-order valence-corrected chi connectivity index (χ0v) is 21.7. The van der Waals surface area contributed by atoms with Gasteiger partial charge in [-0.2, -0.15) is 0 Å². The van der Waals surface area contributed by atoms with Gasteiger partial charge >= 0.3 is 12.2 Å². The molecule has 0 radical (unpaired) electrons. The average Bonchev–Trinajstić information content (AvgIpc) is 3.23. The van der Waals surface area contributed by atoms with Gasteiger partial charge in [-0.15, -0.1) is 0 Å². The standard InChI is InChI=1S/C25H28ClF2N5O4/c1-24(2,3)37-22(34)31-25(6-7-25)12-5-8-33(11-12)20-13(26)10-29-21-17(20)16-18(28)14(27)9-15(19(16)30-21)32(4)23(35)36/h9-10,12H,5-8,11H2,1-4H3,(H,29,30)(H,31,34)(H,35,36)/t12-/m0/s1. The first-order valence-corrected chi connectivity index (χ1v) is 12.4. The SMILES string of the molecule is CN(C(=O)O)c1cc(F)c(F)c2c1[nH]c1ncc(Cl)c(N3CC[C@H](C4(NC(=O)OC(C)(C)C)CC4)C3)c12. The van der Waals surface area contributed by atoms with Crippen LogP contribution in [0, 0.1) is 17.6 Å². The molecule has 2 fully saturated rings. The largest absolute Gasteiger partial charge is 0.465 e. The van der Waals surface area contributed by atoms with Crippen molar-refractivity contribution < 1.29 is 28.2 Å². The number of carbonyl (C=O) groups excluding carboxylic acids is 1. The third kappa shape index (κ3) is 4.39. The lowest BCUT2D eigenvalue weighted by atomic mass is 9.96. The number of fused-ring (bicyclic) bond motifs is 3. The zero-order chi connectivity index (χ0) is 26.9. The van der Waals surface area contributed by atoms with Crippen LogP contribution in [0.15, 0.2) is 12.3 Å². The summed E-state index contributed by atoms with van der Waals surface area (Å²) < 4.78 is 35.4. The fourth-order valence-electron chi connectivity index (χ4n) is 5.27. The summed E-state index contributed by atoms with van der Waals surface area (Å²) in [5.74, 6) is -2.20. The van der Waals surface area contributed by atoms with Gasteiger partial charge in [0.15, 0.2) is 11.6 Å². The number of H-pyrrole nitrogens is 1. The summed E-state index contributed by atoms with van der Waals surface area (Å²) in [6.07, 6.45) is 2.04. The highest BCUT2D eigenvalue weighted by Crippen LogP contribution is 2.49. The lowest BCUT2D eigenvalue weighted by molar-refractivity contribution is 0.0477. The molecule has 1 aliphatic heterocycles. The van der Waals surface area contributed by atoms with Gasteiger partial charge in [-0.1, -0.05) is 11.6 Å². The van der Waals surface area contributed by atoms with E-state index >= 15 is 4.39 Å². The molecule has 12 heteroatoms. The van der Waals surface area contributed by atoms with Crippen LogP contribution >= 0.6 is 11.6 Å². The Labute approximate surface area is 216 Å². The van der Waals surface area contributed by atoms with Crippen LogP contribution < -0.4 is 15.1 Å². The lowest BCUT2D eigenvalue weighted by Gasteiger charge is -2.28. The minimum atomic E-state index is -1.33. The van der Waals surface area contributed by atoms with Crippen molar-refractivity contribution in [2.45, 2.75) is 51.2 Å². The number of anilines is 2. The first-order chi connectivity index (χ1) is 17.3. The van der Waals surface area contributed by atoms with Crippen molar-refractivity contribution in [1.82, 2.24) is 15.3 Å². The Morgan fingerprint density at radius 1 is 1.32 bits per heavy atom. The van der Waals surface area contributed by atoms with E-state index in [1.807, 2.05) is 25.7 Å². The van der Waals surface area contributed by atoms with E-state index in [0.29, 0.717) is 18.8 Å². The number of hydrogen-bond donors (Lipinski definition) is 3. The molecule has 3 N–H and O–H groups in total. The van der Waals surface area contributed by atoms with Crippen molar-refractivity contribution in [2.24, 2.45) is 5.92 Å². The number of carboxylic acid groups (broad SMARTS) is 1. The Balaban J connectivity index is 1.54. The molecule has 1 saturated carbocycles. The van der Waals surface area contributed by atoms with Crippen LogP contribution in [0.1, 0.15) is 40.0 Å². The van der Waals surface area contributed by atoms with Crippen LogP contribution in [0.25, 0.3) is 21.9 Å². The third-order valence-electron chi connectivity index (χ3n) is 7.17. The molecule has 3 aromatic rings. The number of aromatic amines is 1. The van der Waals surface area contributed by atoms with E-state index in [0.717, 1.165) is 30.2 Å². The number of nitrogens with one attached hydrogen (secondary N) is 2. The molecule has 1 atom stereocenters. The van der Waals surface area contributed by atoms with Gasteiger partial charge in [0.1, 0.15) is 11.2 Å². The van der Waals surface area contributed by atoms with E-state index in [1.165, 1.54) is 13.2 Å². The minimum Gasteiger partial charge on any atom is -0.465 e. The molecular weight excluding hydrogens is 508 g/mol. The summed E-state index contributed by atoms with van der Waals surface area (Å²) in [7, 11) is 1.25. The Hall–Kier alpha value is -3.34. The molecule has 1 aromatic carbocycles. The van der Waals surface area contributed by atoms with E-state index in [-0.39, 0.29) is 44.1 Å². The molecule has 2 aliphatic rings. The molecule has 5 rings (SSSR count). The maximum Gasteiger partial charge on any atom is 0.411 e. The molecule has 2 amide bonds. The lowest BCUT2D eigenvalue weighted by Crippen LogP contribution is -2.45. The Bertz CT molecular complexity index is 1430. The van der Waals surface area contributed by atoms with Crippen LogP contribution in [0.4, 0.5) is 29.7 Å². The van der Waals surface area contributed by atoms with E-state index in [1.54, 1.807) is 0 Å². The van der Waals surface area contributed by atoms with Crippen LogP contribution in [-0.2, 0) is 4.74 Å². The molecule has 0 spiro atoms. The number of ether oxygens (including phenoxy) is 1. The highest BCUT2D eigenvalue weighted by molar-refractivity contribution is 6.36. The van der Waals surface area contributed by atoms with Gasteiger partial charge in [-0.25, -0.2) is 23.4 Å². The summed E-state index contributed by atoms with van der Waals surface area (Å²) in [5, 5.41) is 12.9. The van der Waals surface area contributed by atoms with E-state index in [9.17, 15) is 19.1 Å². The number of aromatic nitrogens is 2. The van der Waals surface area contributed by atoms with Crippen LogP contribution in [-0.4, -0.2) is 58.5 Å².